The van der Waals surface area contributed by atoms with Crippen LogP contribution < -0.4 is 4.74 Å². The standard InChI is InChI=1S/C17H17F5O2/c1-10-2-4-11(5-3-10)16(23)24-12-8-14(18)13(15(19)9-12)6-7-17(20,21)22/h6-11H,2-5H2,1H3/b7-6+. The van der Waals surface area contributed by atoms with Crippen molar-refractivity contribution in [2.45, 2.75) is 38.8 Å². The third-order valence-electron chi connectivity index (χ3n) is 4.06. The summed E-state index contributed by atoms with van der Waals surface area (Å²) in [5.41, 5.74) is -0.835. The summed E-state index contributed by atoms with van der Waals surface area (Å²) in [5, 5.41) is 0. The van der Waals surface area contributed by atoms with Crippen LogP contribution in [0.5, 0.6) is 5.75 Å². The zero-order valence-corrected chi connectivity index (χ0v) is 13.0. The number of rotatable bonds is 3. The third-order valence-corrected chi connectivity index (χ3v) is 4.06. The van der Waals surface area contributed by atoms with Crippen LogP contribution >= 0.6 is 0 Å². The summed E-state index contributed by atoms with van der Waals surface area (Å²) in [5.74, 6) is -3.16. The minimum Gasteiger partial charge on any atom is -0.426 e. The molecule has 0 spiro atoms. The Hall–Kier alpha value is -1.92. The fraction of sp³-hybridized carbons (Fsp3) is 0.471. The van der Waals surface area contributed by atoms with E-state index in [0.29, 0.717) is 37.0 Å². The van der Waals surface area contributed by atoms with Gasteiger partial charge in [0.2, 0.25) is 0 Å². The van der Waals surface area contributed by atoms with Gasteiger partial charge in [-0.15, -0.1) is 0 Å². The third kappa shape index (κ3) is 5.04. The smallest absolute Gasteiger partial charge is 0.409 e. The molecule has 7 heteroatoms. The van der Waals surface area contributed by atoms with Crippen LogP contribution in [0.4, 0.5) is 22.0 Å². The second-order valence-electron chi connectivity index (χ2n) is 6.05. The lowest BCUT2D eigenvalue weighted by Gasteiger charge is -2.24. The largest absolute Gasteiger partial charge is 0.426 e. The summed E-state index contributed by atoms with van der Waals surface area (Å²) < 4.78 is 68.8. The number of carbonyl (C=O) groups is 1. The molecule has 0 bridgehead atoms. The molecule has 0 radical (unpaired) electrons. The Labute approximate surface area is 136 Å². The SMILES string of the molecule is CC1CCC(C(=O)Oc2cc(F)c(/C=C/C(F)(F)F)c(F)c2)CC1. The molecule has 1 aliphatic rings. The monoisotopic (exact) mass is 348 g/mol. The first-order valence-electron chi connectivity index (χ1n) is 7.62. The van der Waals surface area contributed by atoms with E-state index in [1.54, 1.807) is 0 Å². The Morgan fingerprint density at radius 2 is 1.67 bits per heavy atom. The van der Waals surface area contributed by atoms with Gasteiger partial charge in [-0.2, -0.15) is 13.2 Å². The van der Waals surface area contributed by atoms with Crippen LogP contribution in [0.15, 0.2) is 18.2 Å². The van der Waals surface area contributed by atoms with Gasteiger partial charge in [0.25, 0.3) is 0 Å². The van der Waals surface area contributed by atoms with Crippen molar-refractivity contribution in [2.24, 2.45) is 11.8 Å². The Morgan fingerprint density at radius 3 is 2.17 bits per heavy atom. The van der Waals surface area contributed by atoms with Crippen LogP contribution in [-0.2, 0) is 4.79 Å². The molecule has 0 aliphatic heterocycles. The van der Waals surface area contributed by atoms with Crippen LogP contribution in [0.3, 0.4) is 0 Å². The molecule has 1 fully saturated rings. The zero-order chi connectivity index (χ0) is 17.9. The zero-order valence-electron chi connectivity index (χ0n) is 13.0. The quantitative estimate of drug-likeness (QED) is 0.422. The van der Waals surface area contributed by atoms with Crippen LogP contribution in [0.25, 0.3) is 6.08 Å². The summed E-state index contributed by atoms with van der Waals surface area (Å²) in [6, 6.07) is 1.42. The van der Waals surface area contributed by atoms with Gasteiger partial charge in [-0.1, -0.05) is 6.92 Å². The van der Waals surface area contributed by atoms with Crippen molar-refractivity contribution in [3.63, 3.8) is 0 Å². The summed E-state index contributed by atoms with van der Waals surface area (Å²) in [6.07, 6.45) is -1.58. The number of esters is 1. The number of halogens is 5. The fourth-order valence-corrected chi connectivity index (χ4v) is 2.65. The van der Waals surface area contributed by atoms with Crippen LogP contribution in [-0.4, -0.2) is 12.1 Å². The van der Waals surface area contributed by atoms with Crippen molar-refractivity contribution in [2.75, 3.05) is 0 Å². The van der Waals surface area contributed by atoms with Gasteiger partial charge in [-0.3, -0.25) is 4.79 Å². The summed E-state index contributed by atoms with van der Waals surface area (Å²) in [7, 11) is 0. The van der Waals surface area contributed by atoms with E-state index >= 15 is 0 Å². The summed E-state index contributed by atoms with van der Waals surface area (Å²) >= 11 is 0. The minimum atomic E-state index is -4.68. The number of benzene rings is 1. The van der Waals surface area contributed by atoms with Crippen molar-refractivity contribution >= 4 is 12.0 Å². The maximum absolute atomic E-state index is 13.8. The molecule has 1 aliphatic carbocycles. The first-order chi connectivity index (χ1) is 11.2. The maximum atomic E-state index is 13.8. The molecule has 2 rings (SSSR count). The van der Waals surface area contributed by atoms with E-state index in [4.69, 9.17) is 4.74 Å². The Morgan fingerprint density at radius 1 is 1.12 bits per heavy atom. The lowest BCUT2D eigenvalue weighted by atomic mass is 9.83. The molecular weight excluding hydrogens is 331 g/mol. The number of carbonyl (C=O) groups excluding carboxylic acids is 1. The number of alkyl halides is 3. The van der Waals surface area contributed by atoms with Gasteiger partial charge >= 0.3 is 12.1 Å². The highest BCUT2D eigenvalue weighted by Crippen LogP contribution is 2.30. The molecule has 0 unspecified atom stereocenters. The van der Waals surface area contributed by atoms with E-state index in [-0.39, 0.29) is 17.7 Å². The number of ether oxygens (including phenoxy) is 1. The first-order valence-corrected chi connectivity index (χ1v) is 7.62. The van der Waals surface area contributed by atoms with E-state index in [1.165, 1.54) is 0 Å². The molecule has 0 aromatic heterocycles. The normalized spacial score (nSPS) is 21.9. The predicted molar refractivity (Wildman–Crippen MR) is 78.2 cm³/mol. The van der Waals surface area contributed by atoms with Crippen molar-refractivity contribution in [3.8, 4) is 5.75 Å². The Balaban J connectivity index is 2.10. The predicted octanol–water partition coefficient (Wildman–Crippen LogP) is 5.27. The molecule has 24 heavy (non-hydrogen) atoms. The van der Waals surface area contributed by atoms with Crippen molar-refractivity contribution in [3.05, 3.63) is 35.4 Å². The number of allylic oxidation sites excluding steroid dienone is 1. The van der Waals surface area contributed by atoms with Gasteiger partial charge in [-0.05, 0) is 37.7 Å². The Kier molecular flexibility index (Phi) is 5.62. The van der Waals surface area contributed by atoms with Crippen molar-refractivity contribution < 1.29 is 31.5 Å². The van der Waals surface area contributed by atoms with Gasteiger partial charge in [0.15, 0.2) is 0 Å². The molecular formula is C17H17F5O2. The second kappa shape index (κ2) is 7.32. The molecule has 0 heterocycles. The topological polar surface area (TPSA) is 26.3 Å². The molecule has 2 nitrogen and oxygen atoms in total. The van der Waals surface area contributed by atoms with E-state index < -0.39 is 29.3 Å². The first kappa shape index (κ1) is 18.4. The molecule has 0 saturated heterocycles. The lowest BCUT2D eigenvalue weighted by Crippen LogP contribution is -2.25. The highest BCUT2D eigenvalue weighted by molar-refractivity contribution is 5.75. The number of hydrogen-bond acceptors (Lipinski definition) is 2. The van der Waals surface area contributed by atoms with Gasteiger partial charge in [0.1, 0.15) is 17.4 Å². The van der Waals surface area contributed by atoms with Gasteiger partial charge in [0.05, 0.1) is 5.92 Å². The molecule has 1 aromatic rings. The molecule has 0 amide bonds. The van der Waals surface area contributed by atoms with Gasteiger partial charge in [-0.25, -0.2) is 8.78 Å². The van der Waals surface area contributed by atoms with E-state index in [0.717, 1.165) is 12.8 Å². The average molecular weight is 348 g/mol. The molecule has 0 N–H and O–H groups in total. The van der Waals surface area contributed by atoms with Crippen LogP contribution in [0, 0.1) is 23.5 Å². The lowest BCUT2D eigenvalue weighted by molar-refractivity contribution is -0.140. The van der Waals surface area contributed by atoms with Gasteiger partial charge in [0, 0.05) is 23.8 Å². The maximum Gasteiger partial charge on any atom is 0.409 e. The van der Waals surface area contributed by atoms with Crippen molar-refractivity contribution in [1.29, 1.82) is 0 Å². The molecule has 1 aromatic carbocycles. The number of hydrogen-bond donors (Lipinski definition) is 0. The summed E-state index contributed by atoms with van der Waals surface area (Å²) in [4.78, 5) is 12.0. The second-order valence-corrected chi connectivity index (χ2v) is 6.05. The highest BCUT2D eigenvalue weighted by Gasteiger charge is 2.27. The van der Waals surface area contributed by atoms with Crippen LogP contribution in [0.1, 0.15) is 38.2 Å². The van der Waals surface area contributed by atoms with E-state index in [9.17, 15) is 26.7 Å². The summed E-state index contributed by atoms with van der Waals surface area (Å²) in [6.45, 7) is 2.08. The Bertz CT molecular complexity index is 605. The molecule has 132 valence electrons. The minimum absolute atomic E-state index is 0.261. The molecule has 1 saturated carbocycles. The van der Waals surface area contributed by atoms with Crippen molar-refractivity contribution in [1.82, 2.24) is 0 Å². The van der Waals surface area contributed by atoms with E-state index in [1.807, 2.05) is 0 Å². The fourth-order valence-electron chi connectivity index (χ4n) is 2.65. The highest BCUT2D eigenvalue weighted by atomic mass is 19.4. The average Bonchev–Trinajstić information content (AvgIpc) is 2.45. The molecule has 0 atom stereocenters. The van der Waals surface area contributed by atoms with Crippen LogP contribution in [0.2, 0.25) is 0 Å². The van der Waals surface area contributed by atoms with Gasteiger partial charge < -0.3 is 4.74 Å². The van der Waals surface area contributed by atoms with E-state index in [2.05, 4.69) is 6.92 Å².